The molecule has 0 aliphatic heterocycles. The predicted molar refractivity (Wildman–Crippen MR) is 93.9 cm³/mol. The molecule has 1 aromatic heterocycles. The number of para-hydroxylation sites is 1. The fourth-order valence-electron chi connectivity index (χ4n) is 2.01. The molecule has 134 valence electrons. The van der Waals surface area contributed by atoms with Crippen molar-refractivity contribution in [2.75, 3.05) is 10.0 Å². The molecule has 0 saturated carbocycles. The zero-order valence-corrected chi connectivity index (χ0v) is 14.5. The van der Waals surface area contributed by atoms with Crippen LogP contribution >= 0.6 is 11.6 Å². The summed E-state index contributed by atoms with van der Waals surface area (Å²) in [6.07, 6.45) is 0. The molecule has 0 fully saturated rings. The first-order valence-electron chi connectivity index (χ1n) is 7.18. The van der Waals surface area contributed by atoms with E-state index in [-0.39, 0.29) is 22.2 Å². The number of benzene rings is 2. The van der Waals surface area contributed by atoms with Crippen LogP contribution in [0.1, 0.15) is 0 Å². The molecule has 0 spiro atoms. The normalized spacial score (nSPS) is 11.2. The standard InChI is InChI=1S/C16H11ClF2N4O2S/c17-10-4-6-11(7-5-10)26(24,25)23-15-9-8-14(21-22-15)20-16-12(18)2-1-3-13(16)19/h1-9H,(H,20,21)(H,22,23). The molecule has 0 bridgehead atoms. The van der Waals surface area contributed by atoms with Gasteiger partial charge in [-0.25, -0.2) is 17.2 Å². The van der Waals surface area contributed by atoms with Crippen LogP contribution in [0.15, 0.2) is 59.5 Å². The summed E-state index contributed by atoms with van der Waals surface area (Å²) in [6, 6.07) is 11.6. The molecule has 0 atom stereocenters. The van der Waals surface area contributed by atoms with Crippen molar-refractivity contribution in [2.24, 2.45) is 0 Å². The molecular weight excluding hydrogens is 386 g/mol. The number of sulfonamides is 1. The molecule has 0 radical (unpaired) electrons. The Balaban J connectivity index is 1.76. The Labute approximate surface area is 152 Å². The molecule has 0 saturated heterocycles. The van der Waals surface area contributed by atoms with Crippen molar-refractivity contribution in [3.8, 4) is 0 Å². The van der Waals surface area contributed by atoms with Crippen LogP contribution in [-0.4, -0.2) is 18.6 Å². The van der Waals surface area contributed by atoms with Gasteiger partial charge in [0.05, 0.1) is 4.90 Å². The van der Waals surface area contributed by atoms with E-state index in [9.17, 15) is 17.2 Å². The van der Waals surface area contributed by atoms with Gasteiger partial charge in [-0.1, -0.05) is 17.7 Å². The molecule has 0 amide bonds. The smallest absolute Gasteiger partial charge is 0.263 e. The zero-order valence-electron chi connectivity index (χ0n) is 12.9. The number of halogens is 3. The summed E-state index contributed by atoms with van der Waals surface area (Å²) in [7, 11) is -3.87. The number of hydrogen-bond acceptors (Lipinski definition) is 5. The Bertz CT molecular complexity index is 1010. The molecule has 0 unspecified atom stereocenters. The van der Waals surface area contributed by atoms with Gasteiger partial charge in [0.2, 0.25) is 0 Å². The SMILES string of the molecule is O=S(=O)(Nc1ccc(Nc2c(F)cccc2F)nn1)c1ccc(Cl)cc1. The first-order chi connectivity index (χ1) is 12.3. The lowest BCUT2D eigenvalue weighted by atomic mass is 10.3. The van der Waals surface area contributed by atoms with E-state index in [2.05, 4.69) is 20.2 Å². The van der Waals surface area contributed by atoms with Crippen LogP contribution in [-0.2, 0) is 10.0 Å². The monoisotopic (exact) mass is 396 g/mol. The van der Waals surface area contributed by atoms with Gasteiger partial charge in [-0.15, -0.1) is 10.2 Å². The Kier molecular flexibility index (Phi) is 5.01. The Morgan fingerprint density at radius 2 is 1.42 bits per heavy atom. The highest BCUT2D eigenvalue weighted by molar-refractivity contribution is 7.92. The summed E-state index contributed by atoms with van der Waals surface area (Å²) in [5.74, 6) is -1.60. The average molecular weight is 397 g/mol. The third-order valence-corrected chi connectivity index (χ3v) is 4.87. The molecule has 2 N–H and O–H groups in total. The molecule has 3 rings (SSSR count). The van der Waals surface area contributed by atoms with E-state index in [0.29, 0.717) is 5.02 Å². The minimum absolute atomic E-state index is 0.000621. The maximum atomic E-state index is 13.6. The van der Waals surface area contributed by atoms with Gasteiger partial charge in [0, 0.05) is 5.02 Å². The van der Waals surface area contributed by atoms with Gasteiger partial charge < -0.3 is 5.32 Å². The van der Waals surface area contributed by atoms with Crippen LogP contribution in [0.2, 0.25) is 5.02 Å². The first-order valence-corrected chi connectivity index (χ1v) is 9.04. The van der Waals surface area contributed by atoms with Crippen LogP contribution in [0.3, 0.4) is 0 Å². The molecule has 0 aliphatic rings. The number of nitrogens with one attached hydrogen (secondary N) is 2. The van der Waals surface area contributed by atoms with E-state index in [4.69, 9.17) is 11.6 Å². The molecule has 1 heterocycles. The number of hydrogen-bond donors (Lipinski definition) is 2. The predicted octanol–water partition coefficient (Wildman–Crippen LogP) is 3.95. The highest BCUT2D eigenvalue weighted by Crippen LogP contribution is 2.22. The van der Waals surface area contributed by atoms with Crippen LogP contribution in [0.25, 0.3) is 0 Å². The van der Waals surface area contributed by atoms with Crippen molar-refractivity contribution in [2.45, 2.75) is 4.90 Å². The van der Waals surface area contributed by atoms with Gasteiger partial charge >= 0.3 is 0 Å². The lowest BCUT2D eigenvalue weighted by Gasteiger charge is -2.09. The van der Waals surface area contributed by atoms with Gasteiger partial charge in [-0.05, 0) is 48.5 Å². The number of anilines is 3. The van der Waals surface area contributed by atoms with Gasteiger partial charge in [0.25, 0.3) is 10.0 Å². The Morgan fingerprint density at radius 3 is 2.00 bits per heavy atom. The lowest BCUT2D eigenvalue weighted by molar-refractivity contribution is 0.590. The summed E-state index contributed by atoms with van der Waals surface area (Å²) >= 11 is 5.73. The van der Waals surface area contributed by atoms with Crippen molar-refractivity contribution >= 4 is 38.9 Å². The van der Waals surface area contributed by atoms with Gasteiger partial charge in [0.1, 0.15) is 17.3 Å². The largest absolute Gasteiger partial charge is 0.334 e. The minimum Gasteiger partial charge on any atom is -0.334 e. The number of aromatic nitrogens is 2. The Morgan fingerprint density at radius 1 is 0.846 bits per heavy atom. The van der Waals surface area contributed by atoms with Gasteiger partial charge in [0.15, 0.2) is 11.6 Å². The molecule has 26 heavy (non-hydrogen) atoms. The van der Waals surface area contributed by atoms with Crippen LogP contribution < -0.4 is 10.0 Å². The molecule has 6 nitrogen and oxygen atoms in total. The summed E-state index contributed by atoms with van der Waals surface area (Å²) in [5.41, 5.74) is -0.378. The molecule has 10 heteroatoms. The third-order valence-electron chi connectivity index (χ3n) is 3.24. The van der Waals surface area contributed by atoms with Gasteiger partial charge in [-0.3, -0.25) is 4.72 Å². The van der Waals surface area contributed by atoms with E-state index < -0.39 is 21.7 Å². The average Bonchev–Trinajstić information content (AvgIpc) is 2.60. The topological polar surface area (TPSA) is 84.0 Å². The second kappa shape index (κ2) is 7.22. The molecule has 0 aliphatic carbocycles. The lowest BCUT2D eigenvalue weighted by Crippen LogP contribution is -2.14. The maximum Gasteiger partial charge on any atom is 0.263 e. The molecule has 3 aromatic rings. The van der Waals surface area contributed by atoms with Crippen LogP contribution in [0.5, 0.6) is 0 Å². The summed E-state index contributed by atoms with van der Waals surface area (Å²) in [4.78, 5) is -0.000621. The molecule has 2 aromatic carbocycles. The summed E-state index contributed by atoms with van der Waals surface area (Å²) in [5, 5.41) is 10.2. The second-order valence-corrected chi connectivity index (χ2v) is 7.20. The van der Waals surface area contributed by atoms with Crippen LogP contribution in [0, 0.1) is 11.6 Å². The van der Waals surface area contributed by atoms with E-state index in [1.54, 1.807) is 0 Å². The van der Waals surface area contributed by atoms with Crippen molar-refractivity contribution in [3.63, 3.8) is 0 Å². The minimum atomic E-state index is -3.87. The number of nitrogens with zero attached hydrogens (tertiary/aromatic N) is 2. The van der Waals surface area contributed by atoms with Gasteiger partial charge in [-0.2, -0.15) is 0 Å². The van der Waals surface area contributed by atoms with E-state index >= 15 is 0 Å². The maximum absolute atomic E-state index is 13.6. The van der Waals surface area contributed by atoms with E-state index in [1.807, 2.05) is 0 Å². The van der Waals surface area contributed by atoms with Crippen molar-refractivity contribution < 1.29 is 17.2 Å². The van der Waals surface area contributed by atoms with Crippen molar-refractivity contribution in [3.05, 3.63) is 71.3 Å². The fraction of sp³-hybridized carbons (Fsp3) is 0. The fourth-order valence-corrected chi connectivity index (χ4v) is 3.13. The Hall–Kier alpha value is -2.78. The first kappa shape index (κ1) is 18.0. The molecular formula is C16H11ClF2N4O2S. The van der Waals surface area contributed by atoms with Crippen LogP contribution in [0.4, 0.5) is 26.1 Å². The van der Waals surface area contributed by atoms with Crippen molar-refractivity contribution in [1.29, 1.82) is 0 Å². The quantitative estimate of drug-likeness (QED) is 0.682. The number of rotatable bonds is 5. The second-order valence-electron chi connectivity index (χ2n) is 5.08. The zero-order chi connectivity index (χ0) is 18.7. The third kappa shape index (κ3) is 4.06. The summed E-state index contributed by atoms with van der Waals surface area (Å²) in [6.45, 7) is 0. The highest BCUT2D eigenvalue weighted by Gasteiger charge is 2.15. The highest BCUT2D eigenvalue weighted by atomic mass is 35.5. The van der Waals surface area contributed by atoms with Crippen molar-refractivity contribution in [1.82, 2.24) is 10.2 Å². The van der Waals surface area contributed by atoms with E-state index in [1.165, 1.54) is 42.5 Å². The van der Waals surface area contributed by atoms with E-state index in [0.717, 1.165) is 12.1 Å². The summed E-state index contributed by atoms with van der Waals surface area (Å²) < 4.78 is 53.9.